The highest BCUT2D eigenvalue weighted by atomic mass is 16.6. The lowest BCUT2D eigenvalue weighted by Crippen LogP contribution is -2.40. The summed E-state index contributed by atoms with van der Waals surface area (Å²) >= 11 is 0. The second-order valence-corrected chi connectivity index (χ2v) is 2.87. The Morgan fingerprint density at radius 3 is 3.00 bits per heavy atom. The largest absolute Gasteiger partial charge is 0.376 e. The van der Waals surface area contributed by atoms with E-state index in [-0.39, 0.29) is 12.0 Å². The highest BCUT2D eigenvalue weighted by molar-refractivity contribution is 5.77. The lowest BCUT2D eigenvalue weighted by molar-refractivity contribution is -0.120. The fourth-order valence-electron chi connectivity index (χ4n) is 1.09. The Balaban J connectivity index is 2.01. The summed E-state index contributed by atoms with van der Waals surface area (Å²) in [5, 5.41) is 5.52. The summed E-state index contributed by atoms with van der Waals surface area (Å²) in [5.74, 6) is -0.0169. The molecule has 0 spiro atoms. The average molecular weight is 188 g/mol. The van der Waals surface area contributed by atoms with Crippen LogP contribution in [0.5, 0.6) is 0 Å². The third kappa shape index (κ3) is 4.21. The average Bonchev–Trinajstić information content (AvgIpc) is 2.19. The van der Waals surface area contributed by atoms with Gasteiger partial charge in [0, 0.05) is 13.6 Å². The molecule has 0 bridgehead atoms. The minimum absolute atomic E-state index is 0.0169. The molecule has 0 radical (unpaired) electrons. The van der Waals surface area contributed by atoms with E-state index < -0.39 is 0 Å². The number of carbonyl (C=O) groups is 1. The van der Waals surface area contributed by atoms with Gasteiger partial charge < -0.3 is 20.1 Å². The van der Waals surface area contributed by atoms with Gasteiger partial charge in [0.15, 0.2) is 0 Å². The molecule has 0 aromatic heterocycles. The van der Waals surface area contributed by atoms with Gasteiger partial charge in [-0.15, -0.1) is 0 Å². The fourth-order valence-corrected chi connectivity index (χ4v) is 1.09. The molecule has 1 rings (SSSR count). The summed E-state index contributed by atoms with van der Waals surface area (Å²) in [4.78, 5) is 10.8. The number of ether oxygens (including phenoxy) is 2. The molecule has 13 heavy (non-hydrogen) atoms. The van der Waals surface area contributed by atoms with Gasteiger partial charge in [-0.05, 0) is 0 Å². The molecule has 0 saturated carbocycles. The number of likely N-dealkylation sites (N-methyl/N-ethyl adjacent to an activating group) is 1. The van der Waals surface area contributed by atoms with Gasteiger partial charge in [-0.3, -0.25) is 4.79 Å². The van der Waals surface area contributed by atoms with E-state index in [0.717, 1.165) is 0 Å². The number of carbonyl (C=O) groups excluding carboxylic acids is 1. The van der Waals surface area contributed by atoms with Crippen LogP contribution in [0.25, 0.3) is 0 Å². The summed E-state index contributed by atoms with van der Waals surface area (Å²) in [7, 11) is 1.62. The monoisotopic (exact) mass is 188 g/mol. The van der Waals surface area contributed by atoms with Gasteiger partial charge in [0.25, 0.3) is 0 Å². The second kappa shape index (κ2) is 5.90. The normalized spacial score (nSPS) is 22.7. The van der Waals surface area contributed by atoms with Crippen LogP contribution in [-0.2, 0) is 14.3 Å². The first-order chi connectivity index (χ1) is 6.33. The first-order valence-electron chi connectivity index (χ1n) is 4.43. The van der Waals surface area contributed by atoms with Crippen LogP contribution in [-0.4, -0.2) is 52.0 Å². The van der Waals surface area contributed by atoms with E-state index in [9.17, 15) is 4.79 Å². The minimum atomic E-state index is -0.0169. The molecule has 1 amide bonds. The number of hydrogen-bond acceptors (Lipinski definition) is 4. The molecular weight excluding hydrogens is 172 g/mol. The Bertz CT molecular complexity index is 157. The molecule has 1 aliphatic heterocycles. The van der Waals surface area contributed by atoms with Crippen LogP contribution < -0.4 is 10.6 Å². The Kier molecular flexibility index (Phi) is 4.74. The third-order valence-electron chi connectivity index (χ3n) is 1.82. The number of nitrogens with one attached hydrogen (secondary N) is 2. The zero-order valence-electron chi connectivity index (χ0n) is 7.84. The molecule has 76 valence electrons. The van der Waals surface area contributed by atoms with Crippen LogP contribution in [0.3, 0.4) is 0 Å². The topological polar surface area (TPSA) is 59.6 Å². The zero-order chi connectivity index (χ0) is 9.52. The van der Waals surface area contributed by atoms with E-state index in [1.807, 2.05) is 0 Å². The minimum Gasteiger partial charge on any atom is -0.376 e. The van der Waals surface area contributed by atoms with E-state index in [1.54, 1.807) is 7.05 Å². The van der Waals surface area contributed by atoms with Crippen LogP contribution in [0, 0.1) is 0 Å². The van der Waals surface area contributed by atoms with E-state index in [0.29, 0.717) is 32.9 Å². The van der Waals surface area contributed by atoms with Gasteiger partial charge in [0.1, 0.15) is 0 Å². The number of amides is 1. The maximum atomic E-state index is 10.8. The van der Waals surface area contributed by atoms with Crippen molar-refractivity contribution in [3.05, 3.63) is 0 Å². The van der Waals surface area contributed by atoms with Crippen molar-refractivity contribution in [2.75, 3.05) is 40.0 Å². The maximum Gasteiger partial charge on any atom is 0.233 e. The lowest BCUT2D eigenvalue weighted by atomic mass is 10.3. The maximum absolute atomic E-state index is 10.8. The number of rotatable bonds is 4. The van der Waals surface area contributed by atoms with Gasteiger partial charge in [-0.25, -0.2) is 0 Å². The Morgan fingerprint density at radius 1 is 1.54 bits per heavy atom. The van der Waals surface area contributed by atoms with Crippen LogP contribution in [0.2, 0.25) is 0 Å². The van der Waals surface area contributed by atoms with Crippen molar-refractivity contribution < 1.29 is 14.3 Å². The van der Waals surface area contributed by atoms with Crippen LogP contribution >= 0.6 is 0 Å². The molecule has 2 N–H and O–H groups in total. The third-order valence-corrected chi connectivity index (χ3v) is 1.82. The van der Waals surface area contributed by atoms with Crippen LogP contribution in [0.15, 0.2) is 0 Å². The molecular formula is C8H16N2O3. The fraction of sp³-hybridized carbons (Fsp3) is 0.875. The summed E-state index contributed by atoms with van der Waals surface area (Å²) in [6.07, 6.45) is 0.0819. The molecule has 1 heterocycles. The quantitative estimate of drug-likeness (QED) is 0.578. The van der Waals surface area contributed by atoms with Gasteiger partial charge in [-0.1, -0.05) is 0 Å². The molecule has 0 aliphatic carbocycles. The summed E-state index contributed by atoms with van der Waals surface area (Å²) < 4.78 is 10.6. The molecule has 1 unspecified atom stereocenters. The smallest absolute Gasteiger partial charge is 0.233 e. The summed E-state index contributed by atoms with van der Waals surface area (Å²) in [5.41, 5.74) is 0. The predicted molar refractivity (Wildman–Crippen MR) is 47.5 cm³/mol. The molecule has 0 aromatic rings. The number of hydrogen-bond donors (Lipinski definition) is 2. The Hall–Kier alpha value is -0.650. The van der Waals surface area contributed by atoms with Crippen LogP contribution in [0.1, 0.15) is 0 Å². The van der Waals surface area contributed by atoms with Crippen molar-refractivity contribution in [3.63, 3.8) is 0 Å². The van der Waals surface area contributed by atoms with Crippen molar-refractivity contribution >= 4 is 5.91 Å². The van der Waals surface area contributed by atoms with E-state index >= 15 is 0 Å². The van der Waals surface area contributed by atoms with Crippen molar-refractivity contribution in [2.45, 2.75) is 6.10 Å². The molecule has 1 aliphatic rings. The highest BCUT2D eigenvalue weighted by Crippen LogP contribution is 1.98. The Labute approximate surface area is 77.8 Å². The van der Waals surface area contributed by atoms with Crippen LogP contribution in [0.4, 0.5) is 0 Å². The summed E-state index contributed by atoms with van der Waals surface area (Å²) in [6, 6.07) is 0. The molecule has 5 heteroatoms. The van der Waals surface area contributed by atoms with Crippen molar-refractivity contribution in [1.29, 1.82) is 0 Å². The molecule has 0 aromatic carbocycles. The van der Waals surface area contributed by atoms with E-state index in [4.69, 9.17) is 9.47 Å². The van der Waals surface area contributed by atoms with E-state index in [2.05, 4.69) is 10.6 Å². The first-order valence-corrected chi connectivity index (χ1v) is 4.43. The van der Waals surface area contributed by atoms with Gasteiger partial charge in [-0.2, -0.15) is 0 Å². The predicted octanol–water partition coefficient (Wildman–Crippen LogP) is -1.26. The van der Waals surface area contributed by atoms with Gasteiger partial charge in [0.2, 0.25) is 5.91 Å². The van der Waals surface area contributed by atoms with Gasteiger partial charge in [0.05, 0.1) is 32.5 Å². The molecule has 1 fully saturated rings. The standard InChI is InChI=1S/C8H16N2O3/c1-9-8(11)5-10-4-7-6-12-2-3-13-7/h7,10H,2-6H2,1H3,(H,9,11). The first kappa shape index (κ1) is 10.4. The van der Waals surface area contributed by atoms with Crippen molar-refractivity contribution in [2.24, 2.45) is 0 Å². The SMILES string of the molecule is CNC(=O)CNCC1COCCO1. The second-order valence-electron chi connectivity index (χ2n) is 2.87. The van der Waals surface area contributed by atoms with Crippen molar-refractivity contribution in [1.82, 2.24) is 10.6 Å². The van der Waals surface area contributed by atoms with Gasteiger partial charge >= 0.3 is 0 Å². The van der Waals surface area contributed by atoms with E-state index in [1.165, 1.54) is 0 Å². The lowest BCUT2D eigenvalue weighted by Gasteiger charge is -2.22. The molecule has 1 saturated heterocycles. The zero-order valence-corrected chi connectivity index (χ0v) is 7.84. The molecule has 1 atom stereocenters. The Morgan fingerprint density at radius 2 is 2.38 bits per heavy atom. The molecule has 5 nitrogen and oxygen atoms in total. The van der Waals surface area contributed by atoms with Crippen molar-refractivity contribution in [3.8, 4) is 0 Å². The summed E-state index contributed by atoms with van der Waals surface area (Å²) in [6.45, 7) is 2.92. The highest BCUT2D eigenvalue weighted by Gasteiger charge is 2.13.